The van der Waals surface area contributed by atoms with E-state index in [1.54, 1.807) is 0 Å². The van der Waals surface area contributed by atoms with Crippen molar-refractivity contribution in [2.45, 2.75) is 44.2 Å². The van der Waals surface area contributed by atoms with Gasteiger partial charge in [-0.2, -0.15) is 0 Å². The standard InChI is InChI=1S/C81H61B2N5/c1-7-24-55(25-8-1)58-47-75-79-76(48-58)88(81-65(56-26-9-2-10-27-56)36-23-37-66(81)57-28-11-3-12-29-57)72-41-22-20-39-68(72)83(79)69-51-70-74(52-73(69)86(75)60-32-15-5-16-33-60)87(61-34-17-6-18-35-61)78-50-64(84-62-43-53-42-54(45-62)46-63(84)44-53)49-77-80(78)82(70)67-38-19-21-40-71(67)85(77)59-30-13-4-14-31-59/h1-41,47-54,62-63H,42-46H2. The highest BCUT2D eigenvalue weighted by molar-refractivity contribution is 7.03. The number of rotatable bonds is 8. The summed E-state index contributed by atoms with van der Waals surface area (Å²) in [5, 5.41) is 0. The summed E-state index contributed by atoms with van der Waals surface area (Å²) in [4.78, 5) is 13.4. The second-order valence-corrected chi connectivity index (χ2v) is 25.6. The Labute approximate surface area is 516 Å². The molecule has 0 N–H and O–H groups in total. The minimum absolute atomic E-state index is 0.0722. The van der Waals surface area contributed by atoms with Crippen molar-refractivity contribution in [3.05, 3.63) is 285 Å². The molecule has 88 heavy (non-hydrogen) atoms. The molecule has 12 aromatic rings. The van der Waals surface area contributed by atoms with E-state index in [0.717, 1.165) is 28.9 Å². The lowest BCUT2D eigenvalue weighted by Gasteiger charge is -2.58. The first-order chi connectivity index (χ1) is 43.7. The monoisotopic (exact) mass is 1130 g/mol. The van der Waals surface area contributed by atoms with Gasteiger partial charge in [0.15, 0.2) is 0 Å². The van der Waals surface area contributed by atoms with Gasteiger partial charge in [-0.15, -0.1) is 0 Å². The second-order valence-electron chi connectivity index (χ2n) is 25.6. The molecule has 0 spiro atoms. The SMILES string of the molecule is c1ccc(-c2cc3c4c(c2)N(c2c(-c5ccccc5)cccc2-c2ccccc2)c2ccccc2B4c2cc4c(cc2N3c2ccccc2)N(c2ccccc2)c2cc(N3C5CC6CC(C5)CC3C6)cc3c2B4c2ccccc2N3c2ccccc2)cc1. The Balaban J connectivity index is 0.920. The summed E-state index contributed by atoms with van der Waals surface area (Å²) in [6.07, 6.45) is 6.60. The summed E-state index contributed by atoms with van der Waals surface area (Å²) >= 11 is 0. The van der Waals surface area contributed by atoms with Crippen LogP contribution in [0.2, 0.25) is 0 Å². The number of benzene rings is 12. The van der Waals surface area contributed by atoms with Crippen molar-refractivity contribution in [3.8, 4) is 33.4 Å². The van der Waals surface area contributed by atoms with Crippen LogP contribution in [0.3, 0.4) is 0 Å². The fourth-order valence-electron chi connectivity index (χ4n) is 17.6. The number of fused-ring (bicyclic) bond motifs is 8. The van der Waals surface area contributed by atoms with Gasteiger partial charge in [0.1, 0.15) is 0 Å². The van der Waals surface area contributed by atoms with Crippen LogP contribution >= 0.6 is 0 Å². The molecule has 7 heteroatoms. The zero-order valence-corrected chi connectivity index (χ0v) is 48.9. The molecule has 8 aliphatic rings. The molecule has 20 rings (SSSR count). The molecule has 2 saturated heterocycles. The van der Waals surface area contributed by atoms with E-state index in [-0.39, 0.29) is 13.4 Å². The van der Waals surface area contributed by atoms with Crippen LogP contribution in [0.1, 0.15) is 32.1 Å². The van der Waals surface area contributed by atoms with Crippen molar-refractivity contribution in [1.29, 1.82) is 0 Å². The summed E-state index contributed by atoms with van der Waals surface area (Å²) < 4.78 is 0. The van der Waals surface area contributed by atoms with Gasteiger partial charge in [-0.05, 0) is 178 Å². The van der Waals surface area contributed by atoms with Crippen LogP contribution in [0.4, 0.5) is 73.9 Å². The minimum atomic E-state index is -0.135. The van der Waals surface area contributed by atoms with Crippen molar-refractivity contribution in [2.24, 2.45) is 11.8 Å². The highest BCUT2D eigenvalue weighted by Gasteiger charge is 2.51. The summed E-state index contributed by atoms with van der Waals surface area (Å²) in [6.45, 7) is -0.207. The normalized spacial score (nSPS) is 18.5. The first-order valence-electron chi connectivity index (χ1n) is 31.8. The molecule has 416 valence electrons. The molecular formula is C81H61B2N5. The van der Waals surface area contributed by atoms with Gasteiger partial charge in [0.25, 0.3) is 13.4 Å². The highest BCUT2D eigenvalue weighted by atomic mass is 15.2. The third kappa shape index (κ3) is 7.49. The Morgan fingerprint density at radius 3 is 1.09 bits per heavy atom. The van der Waals surface area contributed by atoms with E-state index < -0.39 is 0 Å². The second kappa shape index (κ2) is 19.6. The molecular weight excluding hydrogens is 1060 g/mol. The predicted molar refractivity (Wildman–Crippen MR) is 371 cm³/mol. The van der Waals surface area contributed by atoms with Gasteiger partial charge in [0, 0.05) is 91.5 Å². The summed E-state index contributed by atoms with van der Waals surface area (Å²) in [7, 11) is 0. The van der Waals surface area contributed by atoms with E-state index >= 15 is 0 Å². The zero-order chi connectivity index (χ0) is 57.6. The Morgan fingerprint density at radius 1 is 0.250 bits per heavy atom. The largest absolute Gasteiger partial charge is 0.365 e. The molecule has 4 fully saturated rings. The van der Waals surface area contributed by atoms with Gasteiger partial charge in [-0.1, -0.05) is 206 Å². The smallest absolute Gasteiger partial charge is 0.252 e. The molecule has 2 aliphatic carbocycles. The van der Waals surface area contributed by atoms with Gasteiger partial charge < -0.3 is 24.5 Å². The first kappa shape index (κ1) is 50.0. The van der Waals surface area contributed by atoms with E-state index in [1.807, 2.05) is 0 Å². The maximum Gasteiger partial charge on any atom is 0.252 e. The Hall–Kier alpha value is -10.2. The Morgan fingerprint density at radius 2 is 0.625 bits per heavy atom. The van der Waals surface area contributed by atoms with E-state index in [1.165, 1.54) is 155 Å². The van der Waals surface area contributed by atoms with E-state index in [4.69, 9.17) is 0 Å². The summed E-state index contributed by atoms with van der Waals surface area (Å²) in [6, 6.07) is 109. The molecule has 5 nitrogen and oxygen atoms in total. The van der Waals surface area contributed by atoms with Crippen LogP contribution in [0.15, 0.2) is 285 Å². The molecule has 0 unspecified atom stereocenters. The van der Waals surface area contributed by atoms with Gasteiger partial charge in [-0.3, -0.25) is 0 Å². The molecule has 0 aromatic heterocycles. The third-order valence-electron chi connectivity index (χ3n) is 20.8. The summed E-state index contributed by atoms with van der Waals surface area (Å²) in [5.41, 5.74) is 30.6. The number of hydrogen-bond donors (Lipinski definition) is 0. The van der Waals surface area contributed by atoms with Gasteiger partial charge in [0.05, 0.1) is 5.69 Å². The Kier molecular flexibility index (Phi) is 11.2. The molecule has 0 atom stereocenters. The third-order valence-corrected chi connectivity index (χ3v) is 20.8. The van der Waals surface area contributed by atoms with Crippen LogP contribution in [-0.4, -0.2) is 25.5 Å². The molecule has 2 saturated carbocycles. The first-order valence-corrected chi connectivity index (χ1v) is 31.8. The predicted octanol–water partition coefficient (Wildman–Crippen LogP) is 16.6. The number of hydrogen-bond acceptors (Lipinski definition) is 5. The number of para-hydroxylation sites is 6. The van der Waals surface area contributed by atoms with E-state index in [0.29, 0.717) is 12.1 Å². The average molecular weight is 1130 g/mol. The van der Waals surface area contributed by atoms with E-state index in [9.17, 15) is 0 Å². The molecule has 6 aliphatic heterocycles. The summed E-state index contributed by atoms with van der Waals surface area (Å²) in [5.74, 6) is 1.69. The molecule has 0 amide bonds. The lowest BCUT2D eigenvalue weighted by molar-refractivity contribution is 0.0900. The molecule has 0 radical (unpaired) electrons. The van der Waals surface area contributed by atoms with Crippen LogP contribution in [0.5, 0.6) is 0 Å². The van der Waals surface area contributed by atoms with Crippen molar-refractivity contribution < 1.29 is 0 Å². The maximum absolute atomic E-state index is 2.91. The molecule has 6 heterocycles. The topological polar surface area (TPSA) is 16.2 Å². The lowest BCUT2D eigenvalue weighted by Crippen LogP contribution is -2.65. The molecule has 12 aromatic carbocycles. The van der Waals surface area contributed by atoms with Crippen LogP contribution in [-0.2, 0) is 0 Å². The Bertz CT molecular complexity index is 4650. The van der Waals surface area contributed by atoms with Crippen LogP contribution in [0.25, 0.3) is 33.4 Å². The number of piperidine rings is 2. The zero-order valence-electron chi connectivity index (χ0n) is 48.9. The van der Waals surface area contributed by atoms with Crippen molar-refractivity contribution in [3.63, 3.8) is 0 Å². The van der Waals surface area contributed by atoms with Gasteiger partial charge in [-0.25, -0.2) is 0 Å². The van der Waals surface area contributed by atoms with Crippen LogP contribution < -0.4 is 57.3 Å². The van der Waals surface area contributed by atoms with Crippen molar-refractivity contribution in [1.82, 2.24) is 0 Å². The van der Waals surface area contributed by atoms with E-state index in [2.05, 4.69) is 310 Å². The van der Waals surface area contributed by atoms with Crippen LogP contribution in [0, 0.1) is 11.8 Å². The lowest BCUT2D eigenvalue weighted by atomic mass is 9.30. The number of nitrogens with zero attached hydrogens (tertiary/aromatic N) is 5. The fourth-order valence-corrected chi connectivity index (χ4v) is 17.6. The average Bonchev–Trinajstić information content (AvgIpc) is 0.730. The fraction of sp³-hybridized carbons (Fsp3) is 0.111. The molecule has 4 bridgehead atoms. The quantitative estimate of drug-likeness (QED) is 0.141. The van der Waals surface area contributed by atoms with Crippen molar-refractivity contribution >= 4 is 120 Å². The maximum atomic E-state index is 2.91. The van der Waals surface area contributed by atoms with Gasteiger partial charge in [0.2, 0.25) is 0 Å². The van der Waals surface area contributed by atoms with Gasteiger partial charge >= 0.3 is 0 Å². The highest BCUT2D eigenvalue weighted by Crippen LogP contribution is 2.55. The van der Waals surface area contributed by atoms with Crippen molar-refractivity contribution in [2.75, 3.05) is 24.5 Å². The minimum Gasteiger partial charge on any atom is -0.365 e. The number of anilines is 13.